The van der Waals surface area contributed by atoms with Gasteiger partial charge in [-0.2, -0.15) is 0 Å². The SMILES string of the molecule is COc1cccc(C2C(C(=O)N3CCNCC3)CC(=O)N2C2CC2)c1.Cl. The highest BCUT2D eigenvalue weighted by molar-refractivity contribution is 5.91. The van der Waals surface area contributed by atoms with Crippen LogP contribution in [0.15, 0.2) is 24.3 Å². The third kappa shape index (κ3) is 3.53. The average Bonchev–Trinajstić information content (AvgIpc) is 3.44. The predicted octanol–water partition coefficient (Wildman–Crippen LogP) is 1.60. The van der Waals surface area contributed by atoms with E-state index in [2.05, 4.69) is 5.32 Å². The number of amides is 2. The van der Waals surface area contributed by atoms with Crippen LogP contribution < -0.4 is 10.1 Å². The summed E-state index contributed by atoms with van der Waals surface area (Å²) in [5.74, 6) is 0.703. The fraction of sp³-hybridized carbons (Fsp3) is 0.579. The van der Waals surface area contributed by atoms with Crippen molar-refractivity contribution in [2.24, 2.45) is 5.92 Å². The average molecular weight is 380 g/mol. The van der Waals surface area contributed by atoms with Crippen molar-refractivity contribution in [2.75, 3.05) is 33.3 Å². The summed E-state index contributed by atoms with van der Waals surface area (Å²) in [4.78, 5) is 29.8. The van der Waals surface area contributed by atoms with Crippen LogP contribution in [-0.2, 0) is 9.59 Å². The molecule has 0 spiro atoms. The zero-order valence-corrected chi connectivity index (χ0v) is 15.8. The molecule has 2 unspecified atom stereocenters. The number of ether oxygens (including phenoxy) is 1. The van der Waals surface area contributed by atoms with E-state index in [0.29, 0.717) is 12.5 Å². The highest BCUT2D eigenvalue weighted by Gasteiger charge is 2.50. The van der Waals surface area contributed by atoms with E-state index in [1.54, 1.807) is 7.11 Å². The Balaban J connectivity index is 0.00000196. The largest absolute Gasteiger partial charge is 0.497 e. The number of nitrogens with zero attached hydrogens (tertiary/aromatic N) is 2. The molecule has 1 aromatic carbocycles. The number of likely N-dealkylation sites (tertiary alicyclic amines) is 1. The van der Waals surface area contributed by atoms with Crippen molar-refractivity contribution in [3.8, 4) is 5.75 Å². The van der Waals surface area contributed by atoms with E-state index >= 15 is 0 Å². The number of hydrogen-bond donors (Lipinski definition) is 1. The Hall–Kier alpha value is -1.79. The van der Waals surface area contributed by atoms with Crippen LogP contribution >= 0.6 is 12.4 Å². The van der Waals surface area contributed by atoms with Crippen LogP contribution in [0.2, 0.25) is 0 Å². The van der Waals surface area contributed by atoms with E-state index in [1.807, 2.05) is 34.1 Å². The first-order valence-corrected chi connectivity index (χ1v) is 9.13. The molecule has 7 heteroatoms. The van der Waals surface area contributed by atoms with Crippen LogP contribution in [0.5, 0.6) is 5.75 Å². The summed E-state index contributed by atoms with van der Waals surface area (Å²) in [6.07, 6.45) is 2.41. The number of halogens is 1. The van der Waals surface area contributed by atoms with E-state index in [4.69, 9.17) is 4.74 Å². The molecule has 2 aliphatic heterocycles. The maximum absolute atomic E-state index is 13.2. The van der Waals surface area contributed by atoms with E-state index in [0.717, 1.165) is 50.3 Å². The Morgan fingerprint density at radius 2 is 1.96 bits per heavy atom. The number of nitrogens with one attached hydrogen (secondary N) is 1. The Morgan fingerprint density at radius 3 is 2.62 bits per heavy atom. The van der Waals surface area contributed by atoms with Crippen molar-refractivity contribution in [3.05, 3.63) is 29.8 Å². The summed E-state index contributed by atoms with van der Waals surface area (Å²) < 4.78 is 5.36. The lowest BCUT2D eigenvalue weighted by Gasteiger charge is -2.33. The Bertz CT molecular complexity index is 674. The summed E-state index contributed by atoms with van der Waals surface area (Å²) in [5.41, 5.74) is 1.01. The van der Waals surface area contributed by atoms with E-state index in [9.17, 15) is 9.59 Å². The lowest BCUT2D eigenvalue weighted by atomic mass is 9.91. The quantitative estimate of drug-likeness (QED) is 0.863. The van der Waals surface area contributed by atoms with Crippen molar-refractivity contribution in [3.63, 3.8) is 0 Å². The first kappa shape index (κ1) is 19.0. The van der Waals surface area contributed by atoms with Gasteiger partial charge in [-0.1, -0.05) is 12.1 Å². The molecule has 3 aliphatic rings. The molecule has 26 heavy (non-hydrogen) atoms. The number of benzene rings is 1. The van der Waals surface area contributed by atoms with Gasteiger partial charge in [-0.25, -0.2) is 0 Å². The standard InChI is InChI=1S/C19H25N3O3.ClH/c1-25-15-4-2-3-13(11-15)18-16(12-17(23)22(18)14-5-6-14)19(24)21-9-7-20-8-10-21;/h2-4,11,14,16,18,20H,5-10,12H2,1H3;1H. The maximum Gasteiger partial charge on any atom is 0.228 e. The molecule has 3 fully saturated rings. The molecule has 2 atom stereocenters. The van der Waals surface area contributed by atoms with Gasteiger partial charge in [0.2, 0.25) is 11.8 Å². The lowest BCUT2D eigenvalue weighted by molar-refractivity contribution is -0.137. The highest BCUT2D eigenvalue weighted by Crippen LogP contribution is 2.46. The smallest absolute Gasteiger partial charge is 0.228 e. The number of methoxy groups -OCH3 is 1. The van der Waals surface area contributed by atoms with Gasteiger partial charge in [0.15, 0.2) is 0 Å². The van der Waals surface area contributed by atoms with Gasteiger partial charge in [0, 0.05) is 38.6 Å². The third-order valence-electron chi connectivity index (χ3n) is 5.48. The second kappa shape index (κ2) is 7.84. The minimum Gasteiger partial charge on any atom is -0.497 e. The zero-order chi connectivity index (χ0) is 17.4. The van der Waals surface area contributed by atoms with Crippen LogP contribution in [0.3, 0.4) is 0 Å². The summed E-state index contributed by atoms with van der Waals surface area (Å²) in [6, 6.07) is 7.95. The van der Waals surface area contributed by atoms with Gasteiger partial charge in [-0.3, -0.25) is 9.59 Å². The topological polar surface area (TPSA) is 61.9 Å². The maximum atomic E-state index is 13.2. The Labute approximate surface area is 160 Å². The molecular formula is C19H26ClN3O3. The lowest BCUT2D eigenvalue weighted by Crippen LogP contribution is -2.49. The van der Waals surface area contributed by atoms with Crippen molar-refractivity contribution in [1.29, 1.82) is 0 Å². The summed E-state index contributed by atoms with van der Waals surface area (Å²) >= 11 is 0. The monoisotopic (exact) mass is 379 g/mol. The van der Waals surface area contributed by atoms with Gasteiger partial charge >= 0.3 is 0 Å². The normalized spacial score (nSPS) is 25.8. The Morgan fingerprint density at radius 1 is 1.23 bits per heavy atom. The van der Waals surface area contributed by atoms with Crippen LogP contribution in [0, 0.1) is 5.92 Å². The number of carbonyl (C=O) groups is 2. The second-order valence-electron chi connectivity index (χ2n) is 7.14. The fourth-order valence-corrected chi connectivity index (χ4v) is 4.10. The van der Waals surface area contributed by atoms with Crippen molar-refractivity contribution < 1.29 is 14.3 Å². The minimum atomic E-state index is -0.293. The zero-order valence-electron chi connectivity index (χ0n) is 15.0. The van der Waals surface area contributed by atoms with Gasteiger partial charge < -0.3 is 19.9 Å². The van der Waals surface area contributed by atoms with Crippen molar-refractivity contribution in [1.82, 2.24) is 15.1 Å². The van der Waals surface area contributed by atoms with Gasteiger partial charge in [0.25, 0.3) is 0 Å². The molecule has 1 saturated carbocycles. The van der Waals surface area contributed by atoms with Crippen molar-refractivity contribution in [2.45, 2.75) is 31.3 Å². The molecule has 0 bridgehead atoms. The molecule has 142 valence electrons. The van der Waals surface area contributed by atoms with E-state index in [1.165, 1.54) is 0 Å². The minimum absolute atomic E-state index is 0. The molecule has 0 radical (unpaired) electrons. The van der Waals surface area contributed by atoms with Gasteiger partial charge in [0.1, 0.15) is 5.75 Å². The Kier molecular flexibility index (Phi) is 5.73. The summed E-state index contributed by atoms with van der Waals surface area (Å²) in [5, 5.41) is 3.28. The number of rotatable bonds is 4. The molecular weight excluding hydrogens is 354 g/mol. The van der Waals surface area contributed by atoms with Gasteiger partial charge in [-0.15, -0.1) is 12.4 Å². The van der Waals surface area contributed by atoms with Crippen LogP contribution in [0.25, 0.3) is 0 Å². The molecule has 2 saturated heterocycles. The fourth-order valence-electron chi connectivity index (χ4n) is 4.10. The summed E-state index contributed by atoms with van der Waals surface area (Å²) in [6.45, 7) is 3.08. The van der Waals surface area contributed by atoms with Crippen LogP contribution in [0.1, 0.15) is 30.9 Å². The molecule has 0 aromatic heterocycles. The molecule has 1 aliphatic carbocycles. The first-order valence-electron chi connectivity index (χ1n) is 9.13. The number of hydrogen-bond acceptors (Lipinski definition) is 4. The predicted molar refractivity (Wildman–Crippen MR) is 100 cm³/mol. The van der Waals surface area contributed by atoms with Gasteiger partial charge in [-0.05, 0) is 30.5 Å². The molecule has 6 nitrogen and oxygen atoms in total. The molecule has 1 N–H and O–H groups in total. The van der Waals surface area contributed by atoms with E-state index in [-0.39, 0.29) is 36.2 Å². The molecule has 2 heterocycles. The molecule has 2 amide bonds. The highest BCUT2D eigenvalue weighted by atomic mass is 35.5. The van der Waals surface area contributed by atoms with Crippen molar-refractivity contribution >= 4 is 24.2 Å². The van der Waals surface area contributed by atoms with Gasteiger partial charge in [0.05, 0.1) is 19.1 Å². The van der Waals surface area contributed by atoms with Crippen LogP contribution in [-0.4, -0.2) is 60.9 Å². The number of carbonyl (C=O) groups excluding carboxylic acids is 2. The summed E-state index contributed by atoms with van der Waals surface area (Å²) in [7, 11) is 1.64. The molecule has 1 aromatic rings. The second-order valence-corrected chi connectivity index (χ2v) is 7.14. The molecule has 4 rings (SSSR count). The third-order valence-corrected chi connectivity index (χ3v) is 5.48. The first-order chi connectivity index (χ1) is 12.2. The van der Waals surface area contributed by atoms with E-state index < -0.39 is 0 Å². The number of piperazine rings is 1. The van der Waals surface area contributed by atoms with Crippen LogP contribution in [0.4, 0.5) is 0 Å².